The Hall–Kier alpha value is -1.24. The number of hydrogen-bond acceptors (Lipinski definition) is 5. The van der Waals surface area contributed by atoms with Crippen LogP contribution in [0.4, 0.5) is 5.69 Å². The summed E-state index contributed by atoms with van der Waals surface area (Å²) in [5.74, 6) is -2.20. The minimum atomic E-state index is -2.00. The van der Waals surface area contributed by atoms with Crippen LogP contribution in [0.5, 0.6) is 0 Å². The Morgan fingerprint density at radius 2 is 2.17 bits per heavy atom. The van der Waals surface area contributed by atoms with Gasteiger partial charge < -0.3 is 20.2 Å². The molecule has 0 amide bonds. The Balaban J connectivity index is 2.48. The Kier molecular flexibility index (Phi) is 3.52. The van der Waals surface area contributed by atoms with Crippen LogP contribution in [0.3, 0.4) is 0 Å². The number of aromatic carboxylic acids is 1. The summed E-state index contributed by atoms with van der Waals surface area (Å²) in [5.41, 5.74) is 1.32. The summed E-state index contributed by atoms with van der Waals surface area (Å²) in [6, 6.07) is 4.85. The fraction of sp³-hybridized carbons (Fsp3) is 0.417. The lowest BCUT2D eigenvalue weighted by Gasteiger charge is -2.40. The van der Waals surface area contributed by atoms with Crippen molar-refractivity contribution in [1.29, 1.82) is 0 Å². The zero-order valence-electron chi connectivity index (χ0n) is 9.96. The van der Waals surface area contributed by atoms with Crippen LogP contribution in [-0.2, 0) is 0 Å². The van der Waals surface area contributed by atoms with E-state index in [1.54, 1.807) is 12.1 Å². The highest BCUT2D eigenvalue weighted by Gasteiger charge is 2.37. The van der Waals surface area contributed by atoms with E-state index < -0.39 is 11.9 Å². The second-order valence-electron chi connectivity index (χ2n) is 4.30. The standard InChI is InChI=1S/C12H15NO4S/c1-8-2-3-9(11(14)15)10(6-8)13-4-5-18-7-12(13,16)17/h2-3,6,16-17H,4-5,7H2,1H3,(H,14,15). The number of rotatable bonds is 2. The SMILES string of the molecule is Cc1ccc(C(=O)O)c(N2CCSCC2(O)O)c1. The third-order valence-electron chi connectivity index (χ3n) is 2.86. The smallest absolute Gasteiger partial charge is 0.337 e. The minimum Gasteiger partial charge on any atom is -0.478 e. The summed E-state index contributed by atoms with van der Waals surface area (Å²) in [6.45, 7) is 2.24. The van der Waals surface area contributed by atoms with Crippen LogP contribution < -0.4 is 4.90 Å². The van der Waals surface area contributed by atoms with Crippen LogP contribution in [0.1, 0.15) is 15.9 Å². The molecule has 18 heavy (non-hydrogen) atoms. The van der Waals surface area contributed by atoms with Crippen LogP contribution >= 0.6 is 11.8 Å². The van der Waals surface area contributed by atoms with E-state index in [-0.39, 0.29) is 11.3 Å². The van der Waals surface area contributed by atoms with Crippen LogP contribution in [-0.4, -0.2) is 45.3 Å². The molecule has 0 saturated carbocycles. The van der Waals surface area contributed by atoms with Gasteiger partial charge in [0.15, 0.2) is 0 Å². The topological polar surface area (TPSA) is 81.0 Å². The van der Waals surface area contributed by atoms with Crippen molar-refractivity contribution in [2.45, 2.75) is 12.8 Å². The number of anilines is 1. The molecule has 5 nitrogen and oxygen atoms in total. The summed E-state index contributed by atoms with van der Waals surface area (Å²) < 4.78 is 0. The summed E-state index contributed by atoms with van der Waals surface area (Å²) in [6.07, 6.45) is 0. The molecule has 98 valence electrons. The van der Waals surface area contributed by atoms with Crippen molar-refractivity contribution >= 4 is 23.4 Å². The summed E-state index contributed by atoms with van der Waals surface area (Å²) in [7, 11) is 0. The van der Waals surface area contributed by atoms with Crippen LogP contribution in [0.15, 0.2) is 18.2 Å². The molecule has 1 aliphatic heterocycles. The quantitative estimate of drug-likeness (QED) is 0.692. The van der Waals surface area contributed by atoms with Gasteiger partial charge in [0.1, 0.15) is 0 Å². The molecule has 2 rings (SSSR count). The molecule has 1 heterocycles. The zero-order valence-corrected chi connectivity index (χ0v) is 10.8. The molecule has 0 unspecified atom stereocenters. The average molecular weight is 269 g/mol. The first-order valence-corrected chi connectivity index (χ1v) is 6.71. The minimum absolute atomic E-state index is 0.0833. The first kappa shape index (κ1) is 13.2. The van der Waals surface area contributed by atoms with Crippen molar-refractivity contribution in [2.75, 3.05) is 23.0 Å². The third-order valence-corrected chi connectivity index (χ3v) is 3.92. The lowest BCUT2D eigenvalue weighted by atomic mass is 10.1. The molecule has 1 aliphatic rings. The molecule has 0 radical (unpaired) electrons. The highest BCUT2D eigenvalue weighted by atomic mass is 32.2. The molecule has 0 aromatic heterocycles. The Morgan fingerprint density at radius 1 is 1.44 bits per heavy atom. The molecular formula is C12H15NO4S. The van der Waals surface area contributed by atoms with Gasteiger partial charge in [-0.25, -0.2) is 4.79 Å². The molecule has 1 saturated heterocycles. The molecule has 3 N–H and O–H groups in total. The molecule has 0 bridgehead atoms. The highest BCUT2D eigenvalue weighted by Crippen LogP contribution is 2.31. The Morgan fingerprint density at radius 3 is 2.78 bits per heavy atom. The second-order valence-corrected chi connectivity index (χ2v) is 5.41. The van der Waals surface area contributed by atoms with Crippen LogP contribution in [0.2, 0.25) is 0 Å². The van der Waals surface area contributed by atoms with Gasteiger partial charge in [-0.2, -0.15) is 11.8 Å². The molecular weight excluding hydrogens is 254 g/mol. The largest absolute Gasteiger partial charge is 0.478 e. The molecule has 1 aromatic rings. The van der Waals surface area contributed by atoms with E-state index in [1.807, 2.05) is 6.92 Å². The first-order chi connectivity index (χ1) is 8.42. The van der Waals surface area contributed by atoms with Gasteiger partial charge in [-0.3, -0.25) is 0 Å². The van der Waals surface area contributed by atoms with Crippen LogP contribution in [0.25, 0.3) is 0 Å². The van der Waals surface area contributed by atoms with E-state index >= 15 is 0 Å². The summed E-state index contributed by atoms with van der Waals surface area (Å²) in [4.78, 5) is 12.5. The van der Waals surface area contributed by atoms with Crippen molar-refractivity contribution < 1.29 is 20.1 Å². The third kappa shape index (κ3) is 2.45. The predicted molar refractivity (Wildman–Crippen MR) is 70.0 cm³/mol. The Bertz CT molecular complexity index is 475. The van der Waals surface area contributed by atoms with Crippen LogP contribution in [0, 0.1) is 6.92 Å². The number of thioether (sulfide) groups is 1. The van der Waals surface area contributed by atoms with E-state index in [2.05, 4.69) is 0 Å². The van der Waals surface area contributed by atoms with E-state index in [0.717, 1.165) is 11.3 Å². The number of hydrogen-bond donors (Lipinski definition) is 3. The fourth-order valence-electron chi connectivity index (χ4n) is 1.98. The van der Waals surface area contributed by atoms with Crippen molar-refractivity contribution in [3.63, 3.8) is 0 Å². The maximum absolute atomic E-state index is 11.2. The molecule has 1 fully saturated rings. The van der Waals surface area contributed by atoms with E-state index in [1.165, 1.54) is 22.7 Å². The molecule has 0 atom stereocenters. The number of carboxylic acids is 1. The zero-order chi connectivity index (χ0) is 13.3. The first-order valence-electron chi connectivity index (χ1n) is 5.56. The van der Waals surface area contributed by atoms with Gasteiger partial charge in [0.05, 0.1) is 17.0 Å². The van der Waals surface area contributed by atoms with Crippen molar-refractivity contribution in [3.8, 4) is 0 Å². The normalized spacial score (nSPS) is 18.7. The number of carboxylic acid groups (broad SMARTS) is 1. The fourth-order valence-corrected chi connectivity index (χ4v) is 2.87. The maximum atomic E-state index is 11.2. The average Bonchev–Trinajstić information content (AvgIpc) is 2.27. The number of carbonyl (C=O) groups is 1. The number of nitrogens with zero attached hydrogens (tertiary/aromatic N) is 1. The van der Waals surface area contributed by atoms with Gasteiger partial charge in [-0.15, -0.1) is 0 Å². The molecule has 0 aliphatic carbocycles. The summed E-state index contributed by atoms with van der Waals surface area (Å²) in [5, 5.41) is 29.1. The molecule has 1 aromatic carbocycles. The summed E-state index contributed by atoms with van der Waals surface area (Å²) >= 11 is 1.43. The van der Waals surface area contributed by atoms with Gasteiger partial charge in [0, 0.05) is 12.3 Å². The van der Waals surface area contributed by atoms with Gasteiger partial charge in [0.25, 0.3) is 5.91 Å². The number of benzene rings is 1. The van der Waals surface area contributed by atoms with Gasteiger partial charge in [-0.05, 0) is 24.6 Å². The lowest BCUT2D eigenvalue weighted by molar-refractivity contribution is -0.141. The van der Waals surface area contributed by atoms with Gasteiger partial charge in [-0.1, -0.05) is 6.07 Å². The van der Waals surface area contributed by atoms with Crippen molar-refractivity contribution in [2.24, 2.45) is 0 Å². The van der Waals surface area contributed by atoms with E-state index in [9.17, 15) is 15.0 Å². The highest BCUT2D eigenvalue weighted by molar-refractivity contribution is 7.99. The number of aryl methyl sites for hydroxylation is 1. The van der Waals surface area contributed by atoms with E-state index in [0.29, 0.717) is 12.2 Å². The molecule has 0 spiro atoms. The Labute approximate surface area is 109 Å². The van der Waals surface area contributed by atoms with E-state index in [4.69, 9.17) is 5.11 Å². The maximum Gasteiger partial charge on any atom is 0.337 e. The molecule has 6 heteroatoms. The monoisotopic (exact) mass is 269 g/mol. The second kappa shape index (κ2) is 4.79. The number of aliphatic hydroxyl groups is 2. The predicted octanol–water partition coefficient (Wildman–Crippen LogP) is 0.885. The van der Waals surface area contributed by atoms with Crippen molar-refractivity contribution in [3.05, 3.63) is 29.3 Å². The van der Waals surface area contributed by atoms with Gasteiger partial charge in [0.2, 0.25) is 0 Å². The van der Waals surface area contributed by atoms with Gasteiger partial charge >= 0.3 is 5.97 Å². The lowest BCUT2D eigenvalue weighted by Crippen LogP contribution is -2.55. The van der Waals surface area contributed by atoms with Crippen molar-refractivity contribution in [1.82, 2.24) is 0 Å².